The maximum atomic E-state index is 12.9. The van der Waals surface area contributed by atoms with Gasteiger partial charge in [-0.25, -0.2) is 4.98 Å². The Hall–Kier alpha value is -1.86. The van der Waals surface area contributed by atoms with Gasteiger partial charge in [0.2, 0.25) is 0 Å². The van der Waals surface area contributed by atoms with E-state index in [1.807, 2.05) is 12.1 Å². The molecule has 1 aliphatic rings. The highest BCUT2D eigenvalue weighted by Gasteiger charge is 2.23. The zero-order valence-corrected chi connectivity index (χ0v) is 14.5. The highest BCUT2D eigenvalue weighted by Crippen LogP contribution is 2.24. The number of para-hydroxylation sites is 1. The van der Waals surface area contributed by atoms with E-state index in [0.717, 1.165) is 19.4 Å². The number of carbonyl (C=O) groups is 1. The van der Waals surface area contributed by atoms with Gasteiger partial charge in [-0.3, -0.25) is 14.2 Å². The van der Waals surface area contributed by atoms with Gasteiger partial charge in [-0.1, -0.05) is 23.9 Å². The zero-order valence-electron chi connectivity index (χ0n) is 13.7. The fraction of sp³-hybridized carbons (Fsp3) is 0.471. The third kappa shape index (κ3) is 3.47. The first-order chi connectivity index (χ1) is 11.6. The van der Waals surface area contributed by atoms with E-state index < -0.39 is 5.25 Å². The van der Waals surface area contributed by atoms with Crippen molar-refractivity contribution in [3.63, 3.8) is 0 Å². The topological polar surface area (TPSA) is 70.4 Å². The monoisotopic (exact) mass is 348 g/mol. The fourth-order valence-corrected chi connectivity index (χ4v) is 3.71. The summed E-state index contributed by atoms with van der Waals surface area (Å²) in [5.74, 6) is -0.342. The Morgan fingerprint density at radius 1 is 1.50 bits per heavy atom. The van der Waals surface area contributed by atoms with Gasteiger partial charge in [0.15, 0.2) is 5.16 Å². The van der Waals surface area contributed by atoms with E-state index in [1.165, 1.54) is 18.9 Å². The lowest BCUT2D eigenvalue weighted by atomic mass is 10.2. The molecule has 1 aromatic carbocycles. The van der Waals surface area contributed by atoms with Crippen molar-refractivity contribution in [3.05, 3.63) is 34.6 Å². The van der Waals surface area contributed by atoms with Crippen LogP contribution in [0.2, 0.25) is 0 Å². The Morgan fingerprint density at radius 3 is 3.00 bits per heavy atom. The normalized spacial score (nSPS) is 18.7. The molecule has 3 rings (SSSR count). The molecule has 24 heavy (non-hydrogen) atoms. The number of benzene rings is 1. The molecule has 0 unspecified atom stereocenters. The van der Waals surface area contributed by atoms with Crippen LogP contribution >= 0.6 is 11.8 Å². The summed E-state index contributed by atoms with van der Waals surface area (Å²) in [6.45, 7) is 2.92. The Bertz CT molecular complexity index is 799. The molecule has 7 heteroatoms. The average Bonchev–Trinajstić information content (AvgIpc) is 3.10. The summed E-state index contributed by atoms with van der Waals surface area (Å²) in [6.07, 6.45) is 1.94. The molecule has 0 radical (unpaired) electrons. The number of hydrogen-bond donors (Lipinski definition) is 0. The number of fused-ring (bicyclic) bond motifs is 1. The van der Waals surface area contributed by atoms with Crippen LogP contribution in [0.5, 0.6) is 0 Å². The fourth-order valence-electron chi connectivity index (χ4n) is 2.76. The molecule has 1 fully saturated rings. The van der Waals surface area contributed by atoms with Crippen molar-refractivity contribution in [1.82, 2.24) is 9.55 Å². The van der Waals surface area contributed by atoms with Gasteiger partial charge in [0, 0.05) is 6.61 Å². The smallest absolute Gasteiger partial charge is 0.318 e. The highest BCUT2D eigenvalue weighted by atomic mass is 32.2. The Balaban J connectivity index is 2.03. The van der Waals surface area contributed by atoms with Crippen molar-refractivity contribution in [3.8, 4) is 0 Å². The first-order valence-electron chi connectivity index (χ1n) is 7.96. The molecule has 2 atom stereocenters. The first-order valence-corrected chi connectivity index (χ1v) is 8.84. The maximum Gasteiger partial charge on any atom is 0.318 e. The number of aromatic nitrogens is 2. The lowest BCUT2D eigenvalue weighted by Crippen LogP contribution is -2.29. The van der Waals surface area contributed by atoms with Crippen LogP contribution in [0.15, 0.2) is 34.2 Å². The second-order valence-electron chi connectivity index (χ2n) is 5.75. The van der Waals surface area contributed by atoms with Gasteiger partial charge in [0.25, 0.3) is 5.56 Å². The molecule has 0 bridgehead atoms. The number of carbonyl (C=O) groups excluding carboxylic acids is 1. The summed E-state index contributed by atoms with van der Waals surface area (Å²) in [5.41, 5.74) is 0.529. The van der Waals surface area contributed by atoms with Crippen LogP contribution in [-0.2, 0) is 20.8 Å². The number of thioether (sulfide) groups is 1. The molecule has 0 spiro atoms. The van der Waals surface area contributed by atoms with Gasteiger partial charge in [0.05, 0.1) is 30.7 Å². The Kier molecular flexibility index (Phi) is 5.20. The molecule has 1 aliphatic heterocycles. The molecule has 0 saturated carbocycles. The largest absolute Gasteiger partial charge is 0.468 e. The molecule has 2 heterocycles. The van der Waals surface area contributed by atoms with Crippen LogP contribution < -0.4 is 5.56 Å². The van der Waals surface area contributed by atoms with Gasteiger partial charge >= 0.3 is 5.97 Å². The average molecular weight is 348 g/mol. The van der Waals surface area contributed by atoms with Crippen molar-refractivity contribution in [1.29, 1.82) is 0 Å². The second-order valence-corrected chi connectivity index (χ2v) is 7.05. The number of rotatable bonds is 5. The van der Waals surface area contributed by atoms with Crippen LogP contribution in [0.3, 0.4) is 0 Å². The highest BCUT2D eigenvalue weighted by molar-refractivity contribution is 8.00. The number of hydrogen-bond acceptors (Lipinski definition) is 6. The number of nitrogens with zero attached hydrogens (tertiary/aromatic N) is 2. The van der Waals surface area contributed by atoms with Crippen LogP contribution in [0.4, 0.5) is 0 Å². The third-order valence-corrected chi connectivity index (χ3v) is 5.12. The van der Waals surface area contributed by atoms with Gasteiger partial charge in [-0.15, -0.1) is 0 Å². The standard InChI is InChI=1S/C17H20N2O4S/c1-11(16(21)22-2)24-17-18-14-8-4-3-7-13(14)15(20)19(17)10-12-6-5-9-23-12/h3-4,7-8,11-12H,5-6,9-10H2,1-2H3/t11-,12+/m0/s1. The summed E-state index contributed by atoms with van der Waals surface area (Å²) in [6, 6.07) is 7.25. The van der Waals surface area contributed by atoms with Gasteiger partial charge < -0.3 is 9.47 Å². The Morgan fingerprint density at radius 2 is 2.29 bits per heavy atom. The van der Waals surface area contributed by atoms with Crippen molar-refractivity contribution in [2.75, 3.05) is 13.7 Å². The molecular formula is C17H20N2O4S. The molecular weight excluding hydrogens is 328 g/mol. The molecule has 0 aliphatic carbocycles. The lowest BCUT2D eigenvalue weighted by molar-refractivity contribution is -0.139. The first kappa shape index (κ1) is 17.0. The number of esters is 1. The van der Waals surface area contributed by atoms with Crippen molar-refractivity contribution < 1.29 is 14.3 Å². The SMILES string of the molecule is COC(=O)[C@H](C)Sc1nc2ccccc2c(=O)n1C[C@H]1CCCO1. The summed E-state index contributed by atoms with van der Waals surface area (Å²) in [7, 11) is 1.35. The predicted molar refractivity (Wildman–Crippen MR) is 92.3 cm³/mol. The van der Waals surface area contributed by atoms with Crippen molar-refractivity contribution >= 4 is 28.6 Å². The van der Waals surface area contributed by atoms with Crippen LogP contribution in [0.25, 0.3) is 10.9 Å². The van der Waals surface area contributed by atoms with Gasteiger partial charge in [-0.05, 0) is 31.9 Å². The molecule has 128 valence electrons. The van der Waals surface area contributed by atoms with E-state index in [9.17, 15) is 9.59 Å². The van der Waals surface area contributed by atoms with E-state index >= 15 is 0 Å². The lowest BCUT2D eigenvalue weighted by Gasteiger charge is -2.17. The maximum absolute atomic E-state index is 12.9. The quantitative estimate of drug-likeness (QED) is 0.469. The minimum Gasteiger partial charge on any atom is -0.468 e. The minimum atomic E-state index is -0.446. The molecule has 0 amide bonds. The number of methoxy groups -OCH3 is 1. The van der Waals surface area contributed by atoms with E-state index in [4.69, 9.17) is 9.47 Å². The van der Waals surface area contributed by atoms with Crippen molar-refractivity contribution in [2.45, 2.75) is 42.8 Å². The van der Waals surface area contributed by atoms with E-state index in [2.05, 4.69) is 4.98 Å². The molecule has 6 nitrogen and oxygen atoms in total. The Labute approximate surface area is 144 Å². The van der Waals surface area contributed by atoms with Crippen molar-refractivity contribution in [2.24, 2.45) is 0 Å². The van der Waals surface area contributed by atoms with Crippen LogP contribution in [0, 0.1) is 0 Å². The summed E-state index contributed by atoms with van der Waals surface area (Å²) in [5, 5.41) is 0.650. The summed E-state index contributed by atoms with van der Waals surface area (Å²) >= 11 is 1.24. The summed E-state index contributed by atoms with van der Waals surface area (Å²) < 4.78 is 12.1. The molecule has 0 N–H and O–H groups in total. The van der Waals surface area contributed by atoms with Crippen LogP contribution in [-0.4, -0.2) is 40.6 Å². The molecule has 1 aromatic heterocycles. The van der Waals surface area contributed by atoms with E-state index in [1.54, 1.807) is 23.6 Å². The van der Waals surface area contributed by atoms with E-state index in [-0.39, 0.29) is 17.6 Å². The zero-order chi connectivity index (χ0) is 17.1. The third-order valence-electron chi connectivity index (χ3n) is 4.05. The minimum absolute atomic E-state index is 0.0124. The second kappa shape index (κ2) is 7.36. The van der Waals surface area contributed by atoms with Gasteiger partial charge in [0.1, 0.15) is 5.25 Å². The number of ether oxygens (including phenoxy) is 2. The molecule has 2 aromatic rings. The van der Waals surface area contributed by atoms with Crippen LogP contribution in [0.1, 0.15) is 19.8 Å². The predicted octanol–water partition coefficient (Wildman–Crippen LogP) is 2.23. The van der Waals surface area contributed by atoms with E-state index in [0.29, 0.717) is 22.6 Å². The summed E-state index contributed by atoms with van der Waals surface area (Å²) in [4.78, 5) is 29.2. The molecule has 1 saturated heterocycles. The van der Waals surface area contributed by atoms with Gasteiger partial charge in [-0.2, -0.15) is 0 Å².